The fourth-order valence-electron chi connectivity index (χ4n) is 1.15. The zero-order valence-corrected chi connectivity index (χ0v) is 12.2. The number of hydrogen-bond acceptors (Lipinski definition) is 3. The summed E-state index contributed by atoms with van der Waals surface area (Å²) in [5.74, 6) is 0.130. The average molecular weight is 305 g/mol. The first-order chi connectivity index (χ1) is 7.50. The van der Waals surface area contributed by atoms with Crippen molar-refractivity contribution >= 4 is 33.2 Å². The molecule has 0 aliphatic heterocycles. The van der Waals surface area contributed by atoms with E-state index in [4.69, 9.17) is 0 Å². The van der Waals surface area contributed by atoms with Crippen molar-refractivity contribution in [3.05, 3.63) is 20.8 Å². The van der Waals surface area contributed by atoms with Gasteiger partial charge in [0.05, 0.1) is 6.54 Å². The van der Waals surface area contributed by atoms with Crippen LogP contribution in [-0.2, 0) is 11.3 Å². The van der Waals surface area contributed by atoms with Crippen molar-refractivity contribution in [2.45, 2.75) is 26.4 Å². The molecule has 0 atom stereocenters. The molecule has 1 amide bonds. The van der Waals surface area contributed by atoms with E-state index in [0.717, 1.165) is 11.0 Å². The number of carbonyl (C=O) groups is 1. The Labute approximate surface area is 109 Å². The van der Waals surface area contributed by atoms with Crippen molar-refractivity contribution in [2.75, 3.05) is 13.6 Å². The largest absolute Gasteiger partial charge is 0.342 e. The van der Waals surface area contributed by atoms with E-state index in [2.05, 4.69) is 27.3 Å². The highest BCUT2D eigenvalue weighted by molar-refractivity contribution is 9.10. The summed E-state index contributed by atoms with van der Waals surface area (Å²) in [6, 6.07) is 2.32. The van der Waals surface area contributed by atoms with Crippen LogP contribution in [0.15, 0.2) is 15.9 Å². The number of rotatable bonds is 5. The molecule has 1 aromatic heterocycles. The monoisotopic (exact) mass is 304 g/mol. The van der Waals surface area contributed by atoms with Crippen molar-refractivity contribution in [3.63, 3.8) is 0 Å². The van der Waals surface area contributed by atoms with Gasteiger partial charge in [0, 0.05) is 34.4 Å². The Balaban J connectivity index is 2.28. The van der Waals surface area contributed by atoms with Gasteiger partial charge in [0.25, 0.3) is 0 Å². The van der Waals surface area contributed by atoms with Gasteiger partial charge in [-0.05, 0) is 35.8 Å². The molecule has 1 aromatic rings. The van der Waals surface area contributed by atoms with Crippen molar-refractivity contribution in [3.8, 4) is 0 Å². The lowest BCUT2D eigenvalue weighted by Crippen LogP contribution is -2.39. The molecule has 0 aliphatic carbocycles. The van der Waals surface area contributed by atoms with Gasteiger partial charge in [0.2, 0.25) is 5.91 Å². The molecule has 1 N–H and O–H groups in total. The van der Waals surface area contributed by atoms with Crippen molar-refractivity contribution < 1.29 is 4.79 Å². The molecular formula is C11H17BrN2OS. The van der Waals surface area contributed by atoms with Gasteiger partial charge in [-0.25, -0.2) is 0 Å². The highest BCUT2D eigenvalue weighted by atomic mass is 79.9. The van der Waals surface area contributed by atoms with E-state index < -0.39 is 0 Å². The molecule has 16 heavy (non-hydrogen) atoms. The minimum atomic E-state index is 0.130. The zero-order valence-electron chi connectivity index (χ0n) is 9.79. The normalized spacial score (nSPS) is 10.8. The topological polar surface area (TPSA) is 32.3 Å². The lowest BCUT2D eigenvalue weighted by molar-refractivity contribution is -0.130. The van der Waals surface area contributed by atoms with E-state index in [1.807, 2.05) is 26.3 Å². The quantitative estimate of drug-likeness (QED) is 0.906. The summed E-state index contributed by atoms with van der Waals surface area (Å²) in [4.78, 5) is 14.6. The second kappa shape index (κ2) is 6.37. The maximum absolute atomic E-state index is 11.6. The standard InChI is InChI=1S/C11H17BrN2OS/c1-8(2)14(3)11(15)6-13-5-10-4-9(12)7-16-10/h4,7-8,13H,5-6H2,1-3H3. The summed E-state index contributed by atoms with van der Waals surface area (Å²) in [7, 11) is 1.83. The molecule has 5 heteroatoms. The number of thiophene rings is 1. The lowest BCUT2D eigenvalue weighted by Gasteiger charge is -2.21. The number of halogens is 1. The van der Waals surface area contributed by atoms with Crippen LogP contribution in [0.3, 0.4) is 0 Å². The SMILES string of the molecule is CC(C)N(C)C(=O)CNCc1cc(Br)cs1. The second-order valence-electron chi connectivity index (χ2n) is 3.93. The van der Waals surface area contributed by atoms with Gasteiger partial charge in [0.15, 0.2) is 0 Å². The minimum Gasteiger partial charge on any atom is -0.342 e. The molecule has 0 saturated carbocycles. The van der Waals surface area contributed by atoms with Gasteiger partial charge >= 0.3 is 0 Å². The Kier molecular flexibility index (Phi) is 5.44. The van der Waals surface area contributed by atoms with Crippen LogP contribution in [0.25, 0.3) is 0 Å². The van der Waals surface area contributed by atoms with E-state index in [0.29, 0.717) is 6.54 Å². The Morgan fingerprint density at radius 1 is 1.62 bits per heavy atom. The highest BCUT2D eigenvalue weighted by Crippen LogP contribution is 2.19. The third-order valence-corrected chi connectivity index (χ3v) is 4.06. The molecule has 0 aromatic carbocycles. The zero-order chi connectivity index (χ0) is 12.1. The summed E-state index contributed by atoms with van der Waals surface area (Å²) in [6.07, 6.45) is 0. The van der Waals surface area contributed by atoms with E-state index in [1.54, 1.807) is 16.2 Å². The Bertz CT molecular complexity index is 352. The highest BCUT2D eigenvalue weighted by Gasteiger charge is 2.10. The maximum Gasteiger partial charge on any atom is 0.236 e. The van der Waals surface area contributed by atoms with Crippen molar-refractivity contribution in [1.82, 2.24) is 10.2 Å². The predicted molar refractivity (Wildman–Crippen MR) is 71.6 cm³/mol. The van der Waals surface area contributed by atoms with E-state index >= 15 is 0 Å². The van der Waals surface area contributed by atoms with Gasteiger partial charge in [-0.1, -0.05) is 0 Å². The van der Waals surface area contributed by atoms with Gasteiger partial charge < -0.3 is 10.2 Å². The number of nitrogens with zero attached hydrogens (tertiary/aromatic N) is 1. The number of hydrogen-bond donors (Lipinski definition) is 1. The third-order valence-electron chi connectivity index (χ3n) is 2.37. The maximum atomic E-state index is 11.6. The summed E-state index contributed by atoms with van der Waals surface area (Å²) in [5, 5.41) is 5.19. The van der Waals surface area contributed by atoms with E-state index in [1.165, 1.54) is 4.88 Å². The molecule has 0 unspecified atom stereocenters. The fourth-order valence-corrected chi connectivity index (χ4v) is 2.57. The second-order valence-corrected chi connectivity index (χ2v) is 5.84. The number of nitrogens with one attached hydrogen (secondary N) is 1. The molecule has 3 nitrogen and oxygen atoms in total. The Hall–Kier alpha value is -0.390. The van der Waals surface area contributed by atoms with Gasteiger partial charge in [-0.3, -0.25) is 4.79 Å². The molecule has 0 saturated heterocycles. The van der Waals surface area contributed by atoms with E-state index in [9.17, 15) is 4.79 Å². The molecule has 1 rings (SSSR count). The van der Waals surface area contributed by atoms with Crippen LogP contribution in [0.1, 0.15) is 18.7 Å². The molecular weight excluding hydrogens is 288 g/mol. The van der Waals surface area contributed by atoms with Crippen LogP contribution in [0.4, 0.5) is 0 Å². The molecule has 0 fully saturated rings. The summed E-state index contributed by atoms with van der Waals surface area (Å²) >= 11 is 5.08. The van der Waals surface area contributed by atoms with Crippen LogP contribution in [0.2, 0.25) is 0 Å². The van der Waals surface area contributed by atoms with Gasteiger partial charge in [-0.15, -0.1) is 11.3 Å². The third kappa shape index (κ3) is 4.23. The summed E-state index contributed by atoms with van der Waals surface area (Å²) in [5.41, 5.74) is 0. The first kappa shape index (κ1) is 13.7. The fraction of sp³-hybridized carbons (Fsp3) is 0.545. The number of likely N-dealkylation sites (N-methyl/N-ethyl adjacent to an activating group) is 1. The van der Waals surface area contributed by atoms with Crippen LogP contribution in [0.5, 0.6) is 0 Å². The van der Waals surface area contributed by atoms with Crippen LogP contribution in [0, 0.1) is 0 Å². The van der Waals surface area contributed by atoms with Crippen LogP contribution < -0.4 is 5.32 Å². The molecule has 0 radical (unpaired) electrons. The lowest BCUT2D eigenvalue weighted by atomic mass is 10.3. The van der Waals surface area contributed by atoms with E-state index in [-0.39, 0.29) is 11.9 Å². The molecule has 0 spiro atoms. The Morgan fingerprint density at radius 3 is 2.81 bits per heavy atom. The summed E-state index contributed by atoms with van der Waals surface area (Å²) < 4.78 is 1.10. The molecule has 0 aliphatic rings. The molecule has 90 valence electrons. The number of carbonyl (C=O) groups excluding carboxylic acids is 1. The van der Waals surface area contributed by atoms with Crippen molar-refractivity contribution in [1.29, 1.82) is 0 Å². The minimum absolute atomic E-state index is 0.130. The first-order valence-corrected chi connectivity index (χ1v) is 6.87. The van der Waals surface area contributed by atoms with Gasteiger partial charge in [-0.2, -0.15) is 0 Å². The molecule has 1 heterocycles. The van der Waals surface area contributed by atoms with Crippen LogP contribution >= 0.6 is 27.3 Å². The smallest absolute Gasteiger partial charge is 0.236 e. The van der Waals surface area contributed by atoms with Crippen LogP contribution in [-0.4, -0.2) is 30.4 Å². The average Bonchev–Trinajstić information content (AvgIpc) is 2.62. The Morgan fingerprint density at radius 2 is 2.31 bits per heavy atom. The predicted octanol–water partition coefficient (Wildman–Crippen LogP) is 2.47. The van der Waals surface area contributed by atoms with Gasteiger partial charge in [0.1, 0.15) is 0 Å². The summed E-state index contributed by atoms with van der Waals surface area (Å²) in [6.45, 7) is 5.15. The van der Waals surface area contributed by atoms with Crippen molar-refractivity contribution in [2.24, 2.45) is 0 Å². The molecule has 0 bridgehead atoms. The number of amides is 1. The first-order valence-electron chi connectivity index (χ1n) is 5.20.